The highest BCUT2D eigenvalue weighted by Gasteiger charge is 2.41. The Morgan fingerprint density at radius 1 is 1.53 bits per heavy atom. The van der Waals surface area contributed by atoms with Crippen LogP contribution in [0.4, 0.5) is 0 Å². The Morgan fingerprint density at radius 3 is 2.94 bits per heavy atom. The summed E-state index contributed by atoms with van der Waals surface area (Å²) < 4.78 is 1.20. The Hall–Kier alpha value is -1.30. The lowest BCUT2D eigenvalue weighted by molar-refractivity contribution is 0.0739. The van der Waals surface area contributed by atoms with Crippen LogP contribution in [-0.4, -0.2) is 44.2 Å². The molecule has 2 aliphatic rings. The number of thioether (sulfide) groups is 1. The molecule has 3 rings (SSSR count). The van der Waals surface area contributed by atoms with Gasteiger partial charge < -0.3 is 4.90 Å². The number of carbonyl (C=O) groups is 1. The molecule has 0 aliphatic carbocycles. The van der Waals surface area contributed by atoms with E-state index in [2.05, 4.69) is 5.10 Å². The van der Waals surface area contributed by atoms with Crippen LogP contribution in [0.5, 0.6) is 0 Å². The van der Waals surface area contributed by atoms with E-state index in [-0.39, 0.29) is 11.5 Å². The normalized spacial score (nSPS) is 26.5. The van der Waals surface area contributed by atoms with Gasteiger partial charge >= 0.3 is 0 Å². The van der Waals surface area contributed by atoms with E-state index in [1.54, 1.807) is 7.05 Å². The zero-order valence-corrected chi connectivity index (χ0v) is 10.3. The fourth-order valence-electron chi connectivity index (χ4n) is 2.41. The van der Waals surface area contributed by atoms with Crippen LogP contribution in [0.2, 0.25) is 0 Å². The molecule has 2 aliphatic heterocycles. The minimum atomic E-state index is -0.194. The standard InChI is InChI=1S/C11H13N3O2S/c1-13-10(15)3-2-9(12-13)11(16)14-5-8-4-7(14)6-17-8/h2-3,7-8H,4-6H2,1H3. The summed E-state index contributed by atoms with van der Waals surface area (Å²) in [5.41, 5.74) is 0.171. The second-order valence-electron chi connectivity index (χ2n) is 4.48. The van der Waals surface area contributed by atoms with Gasteiger partial charge in [-0.2, -0.15) is 16.9 Å². The fourth-order valence-corrected chi connectivity index (χ4v) is 3.85. The molecule has 0 spiro atoms. The number of nitrogens with zero attached hydrogens (tertiary/aromatic N) is 3. The van der Waals surface area contributed by atoms with E-state index < -0.39 is 0 Å². The molecule has 2 bridgehead atoms. The summed E-state index contributed by atoms with van der Waals surface area (Å²) >= 11 is 1.94. The SMILES string of the molecule is Cn1nc(C(=O)N2CC3CC2CS3)ccc1=O. The average Bonchev–Trinajstić information content (AvgIpc) is 2.93. The lowest BCUT2D eigenvalue weighted by Crippen LogP contribution is -2.40. The summed E-state index contributed by atoms with van der Waals surface area (Å²) in [6.45, 7) is 0.818. The molecule has 0 saturated carbocycles. The molecule has 0 aromatic carbocycles. The third-order valence-corrected chi connectivity index (χ3v) is 4.73. The number of hydrogen-bond acceptors (Lipinski definition) is 4. The predicted molar refractivity (Wildman–Crippen MR) is 65.2 cm³/mol. The van der Waals surface area contributed by atoms with E-state index in [1.807, 2.05) is 16.7 Å². The number of rotatable bonds is 1. The molecular weight excluding hydrogens is 238 g/mol. The van der Waals surface area contributed by atoms with Crippen LogP contribution in [-0.2, 0) is 7.05 Å². The topological polar surface area (TPSA) is 55.2 Å². The van der Waals surface area contributed by atoms with Crippen LogP contribution in [0.1, 0.15) is 16.9 Å². The number of amides is 1. The van der Waals surface area contributed by atoms with Crippen molar-refractivity contribution in [3.8, 4) is 0 Å². The summed E-state index contributed by atoms with van der Waals surface area (Å²) in [6.07, 6.45) is 1.10. The highest BCUT2D eigenvalue weighted by atomic mass is 32.2. The monoisotopic (exact) mass is 251 g/mol. The van der Waals surface area contributed by atoms with Crippen LogP contribution in [0.25, 0.3) is 0 Å². The quantitative estimate of drug-likeness (QED) is 0.711. The fraction of sp³-hybridized carbons (Fsp3) is 0.545. The first kappa shape index (κ1) is 10.8. The molecule has 0 N–H and O–H groups in total. The number of fused-ring (bicyclic) bond motifs is 2. The summed E-state index contributed by atoms with van der Waals surface area (Å²) in [5.74, 6) is 0.982. The molecule has 5 nitrogen and oxygen atoms in total. The van der Waals surface area contributed by atoms with Crippen molar-refractivity contribution in [1.82, 2.24) is 14.7 Å². The number of aryl methyl sites for hydroxylation is 1. The number of hydrogen-bond donors (Lipinski definition) is 0. The Bertz CT molecular complexity index is 528. The van der Waals surface area contributed by atoms with Gasteiger partial charge in [-0.3, -0.25) is 9.59 Å². The Balaban J connectivity index is 1.86. The van der Waals surface area contributed by atoms with Crippen molar-refractivity contribution < 1.29 is 4.79 Å². The lowest BCUT2D eigenvalue weighted by Gasteiger charge is -2.26. The summed E-state index contributed by atoms with van der Waals surface area (Å²) in [4.78, 5) is 25.4. The smallest absolute Gasteiger partial charge is 0.274 e. The van der Waals surface area contributed by atoms with E-state index in [1.165, 1.54) is 16.8 Å². The maximum Gasteiger partial charge on any atom is 0.274 e. The van der Waals surface area contributed by atoms with Crippen molar-refractivity contribution in [3.63, 3.8) is 0 Å². The average molecular weight is 251 g/mol. The van der Waals surface area contributed by atoms with Crippen molar-refractivity contribution in [2.45, 2.75) is 17.7 Å². The molecule has 90 valence electrons. The zero-order chi connectivity index (χ0) is 12.0. The molecule has 2 unspecified atom stereocenters. The minimum absolute atomic E-state index is 0.0478. The summed E-state index contributed by atoms with van der Waals surface area (Å²) in [6, 6.07) is 3.27. The molecular formula is C11H13N3O2S. The van der Waals surface area contributed by atoms with Gasteiger partial charge in [0.1, 0.15) is 5.69 Å². The molecule has 1 amide bonds. The number of aromatic nitrogens is 2. The van der Waals surface area contributed by atoms with E-state index in [0.717, 1.165) is 18.7 Å². The second-order valence-corrected chi connectivity index (χ2v) is 5.82. The molecule has 17 heavy (non-hydrogen) atoms. The molecule has 3 heterocycles. The first-order valence-corrected chi connectivity index (χ1v) is 6.67. The molecule has 1 aromatic heterocycles. The van der Waals surface area contributed by atoms with Crippen LogP contribution in [0.3, 0.4) is 0 Å². The third-order valence-electron chi connectivity index (χ3n) is 3.34. The van der Waals surface area contributed by atoms with E-state index in [9.17, 15) is 9.59 Å². The zero-order valence-electron chi connectivity index (χ0n) is 9.50. The predicted octanol–water partition coefficient (Wildman–Crippen LogP) is 0.110. The van der Waals surface area contributed by atoms with Crippen LogP contribution >= 0.6 is 11.8 Å². The van der Waals surface area contributed by atoms with Crippen molar-refractivity contribution in [2.75, 3.05) is 12.3 Å². The van der Waals surface area contributed by atoms with Crippen LogP contribution in [0.15, 0.2) is 16.9 Å². The third kappa shape index (κ3) is 1.76. The highest BCUT2D eigenvalue weighted by Crippen LogP contribution is 2.37. The second kappa shape index (κ2) is 3.87. The van der Waals surface area contributed by atoms with E-state index >= 15 is 0 Å². The van der Waals surface area contributed by atoms with Crippen molar-refractivity contribution in [1.29, 1.82) is 0 Å². The lowest BCUT2D eigenvalue weighted by atomic mass is 10.2. The molecule has 1 aromatic rings. The first-order chi connectivity index (χ1) is 8.15. The Labute approximate surface area is 103 Å². The van der Waals surface area contributed by atoms with Gasteiger partial charge in [0.25, 0.3) is 11.5 Å². The molecule has 6 heteroatoms. The molecule has 2 atom stereocenters. The largest absolute Gasteiger partial charge is 0.332 e. The van der Waals surface area contributed by atoms with Crippen molar-refractivity contribution >= 4 is 17.7 Å². The Kier molecular flexibility index (Phi) is 2.47. The van der Waals surface area contributed by atoms with Crippen molar-refractivity contribution in [3.05, 3.63) is 28.2 Å². The van der Waals surface area contributed by atoms with Gasteiger partial charge in [-0.25, -0.2) is 4.68 Å². The number of likely N-dealkylation sites (tertiary alicyclic amines) is 1. The molecule has 2 saturated heterocycles. The highest BCUT2D eigenvalue weighted by molar-refractivity contribution is 8.00. The molecule has 2 fully saturated rings. The van der Waals surface area contributed by atoms with Crippen LogP contribution < -0.4 is 5.56 Å². The van der Waals surface area contributed by atoms with Gasteiger partial charge in [0, 0.05) is 36.7 Å². The minimum Gasteiger partial charge on any atom is -0.332 e. The maximum atomic E-state index is 12.2. The first-order valence-electron chi connectivity index (χ1n) is 5.62. The van der Waals surface area contributed by atoms with Gasteiger partial charge in [-0.1, -0.05) is 0 Å². The maximum absolute atomic E-state index is 12.2. The van der Waals surface area contributed by atoms with E-state index in [0.29, 0.717) is 17.0 Å². The van der Waals surface area contributed by atoms with Crippen LogP contribution in [0, 0.1) is 0 Å². The summed E-state index contributed by atoms with van der Waals surface area (Å²) in [5, 5.41) is 4.60. The number of carbonyl (C=O) groups excluding carboxylic acids is 1. The van der Waals surface area contributed by atoms with Gasteiger partial charge in [0.15, 0.2) is 0 Å². The van der Waals surface area contributed by atoms with Gasteiger partial charge in [0.05, 0.1) is 0 Å². The van der Waals surface area contributed by atoms with Gasteiger partial charge in [-0.15, -0.1) is 0 Å². The van der Waals surface area contributed by atoms with Crippen molar-refractivity contribution in [2.24, 2.45) is 7.05 Å². The molecule has 0 radical (unpaired) electrons. The van der Waals surface area contributed by atoms with E-state index in [4.69, 9.17) is 0 Å². The van der Waals surface area contributed by atoms with Gasteiger partial charge in [0.2, 0.25) is 0 Å². The summed E-state index contributed by atoms with van der Waals surface area (Å²) in [7, 11) is 1.56. The van der Waals surface area contributed by atoms with Gasteiger partial charge in [-0.05, 0) is 12.5 Å². The Morgan fingerprint density at radius 2 is 2.35 bits per heavy atom.